The van der Waals surface area contributed by atoms with Crippen molar-refractivity contribution in [2.45, 2.75) is 0 Å². The minimum atomic E-state index is -3.18. The van der Waals surface area contributed by atoms with Gasteiger partial charge in [0, 0.05) is 12.8 Å². The first kappa shape index (κ1) is 16.8. The number of carbonyl (C=O) groups is 2. The minimum absolute atomic E-state index is 0.0662. The monoisotopic (exact) mass is 316 g/mol. The largest absolute Gasteiger partial charge is 0.497 e. The molecule has 1 aromatic rings. The molecule has 0 spiro atoms. The number of carboxylic acids is 1. The Morgan fingerprint density at radius 3 is 2.52 bits per heavy atom. The molecule has 0 heterocycles. The molecule has 0 aromatic heterocycles. The summed E-state index contributed by atoms with van der Waals surface area (Å²) >= 11 is 0. The second-order valence-corrected chi connectivity index (χ2v) is 6.49. The number of carboxylic acid groups (broad SMARTS) is 1. The van der Waals surface area contributed by atoms with Crippen molar-refractivity contribution >= 4 is 27.5 Å². The number of methoxy groups -OCH3 is 1. The molecule has 21 heavy (non-hydrogen) atoms. The number of carbonyl (C=O) groups excluding carboxylic acids is 1. The van der Waals surface area contributed by atoms with E-state index in [9.17, 15) is 18.0 Å². The maximum Gasteiger partial charge on any atom is 0.337 e. The van der Waals surface area contributed by atoms with Gasteiger partial charge in [-0.25, -0.2) is 18.0 Å². The molecular formula is C12H16N2O6S. The SMILES string of the molecule is COc1ccc(NC(=O)NCCS(C)(=O)=O)c(C(=O)O)c1. The molecule has 3 N–H and O–H groups in total. The first-order chi connectivity index (χ1) is 9.73. The lowest BCUT2D eigenvalue weighted by Crippen LogP contribution is -2.33. The first-order valence-electron chi connectivity index (χ1n) is 5.87. The van der Waals surface area contributed by atoms with Crippen molar-refractivity contribution in [3.63, 3.8) is 0 Å². The number of sulfone groups is 1. The van der Waals surface area contributed by atoms with Gasteiger partial charge in [0.05, 0.1) is 24.1 Å². The summed E-state index contributed by atoms with van der Waals surface area (Å²) in [7, 11) is -1.78. The zero-order valence-corrected chi connectivity index (χ0v) is 12.4. The lowest BCUT2D eigenvalue weighted by atomic mass is 10.1. The number of nitrogens with one attached hydrogen (secondary N) is 2. The molecular weight excluding hydrogens is 300 g/mol. The van der Waals surface area contributed by atoms with Crippen LogP contribution < -0.4 is 15.4 Å². The van der Waals surface area contributed by atoms with E-state index in [-0.39, 0.29) is 23.5 Å². The highest BCUT2D eigenvalue weighted by Crippen LogP contribution is 2.22. The van der Waals surface area contributed by atoms with Crippen molar-refractivity contribution in [3.05, 3.63) is 23.8 Å². The van der Waals surface area contributed by atoms with Crippen LogP contribution in [0.2, 0.25) is 0 Å². The van der Waals surface area contributed by atoms with E-state index in [4.69, 9.17) is 9.84 Å². The van der Waals surface area contributed by atoms with Gasteiger partial charge in [0.15, 0.2) is 0 Å². The van der Waals surface area contributed by atoms with Crippen LogP contribution in [-0.4, -0.2) is 51.2 Å². The number of rotatable bonds is 6. The molecule has 8 nitrogen and oxygen atoms in total. The quantitative estimate of drug-likeness (QED) is 0.705. The van der Waals surface area contributed by atoms with E-state index < -0.39 is 21.8 Å². The summed E-state index contributed by atoms with van der Waals surface area (Å²) in [5.74, 6) is -1.08. The van der Waals surface area contributed by atoms with E-state index in [0.717, 1.165) is 6.26 Å². The molecule has 0 saturated carbocycles. The maximum absolute atomic E-state index is 11.6. The molecule has 1 rings (SSSR count). The van der Waals surface area contributed by atoms with Crippen molar-refractivity contribution in [3.8, 4) is 5.75 Å². The highest BCUT2D eigenvalue weighted by atomic mass is 32.2. The van der Waals surface area contributed by atoms with Crippen molar-refractivity contribution in [1.29, 1.82) is 0 Å². The Morgan fingerprint density at radius 2 is 2.00 bits per heavy atom. The zero-order chi connectivity index (χ0) is 16.0. The van der Waals surface area contributed by atoms with Gasteiger partial charge in [-0.3, -0.25) is 0 Å². The zero-order valence-electron chi connectivity index (χ0n) is 11.5. The number of benzene rings is 1. The third-order valence-corrected chi connectivity index (χ3v) is 3.41. The molecule has 2 amide bonds. The molecule has 1 aromatic carbocycles. The van der Waals surface area contributed by atoms with Crippen LogP contribution >= 0.6 is 0 Å². The maximum atomic E-state index is 11.6. The topological polar surface area (TPSA) is 122 Å². The highest BCUT2D eigenvalue weighted by molar-refractivity contribution is 7.90. The summed E-state index contributed by atoms with van der Waals surface area (Å²) in [6.07, 6.45) is 1.05. The van der Waals surface area contributed by atoms with E-state index in [1.165, 1.54) is 25.3 Å². The van der Waals surface area contributed by atoms with Crippen LogP contribution in [0.1, 0.15) is 10.4 Å². The predicted octanol–water partition coefficient (Wildman–Crippen LogP) is 0.559. The number of hydrogen-bond acceptors (Lipinski definition) is 5. The molecule has 0 saturated heterocycles. The molecule has 116 valence electrons. The summed E-state index contributed by atoms with van der Waals surface area (Å²) in [6.45, 7) is -0.0662. The van der Waals surface area contributed by atoms with Gasteiger partial charge < -0.3 is 20.5 Å². The molecule has 0 fully saturated rings. The molecule has 9 heteroatoms. The van der Waals surface area contributed by atoms with Gasteiger partial charge in [-0.2, -0.15) is 0 Å². The minimum Gasteiger partial charge on any atom is -0.497 e. The Bertz CT molecular complexity index is 641. The van der Waals surface area contributed by atoms with E-state index in [0.29, 0.717) is 5.75 Å². The molecule has 0 unspecified atom stereocenters. The number of ether oxygens (including phenoxy) is 1. The molecule has 0 aliphatic heterocycles. The van der Waals surface area contributed by atoms with Crippen LogP contribution in [0.25, 0.3) is 0 Å². The van der Waals surface area contributed by atoms with Gasteiger partial charge in [-0.05, 0) is 18.2 Å². The molecule has 0 aliphatic rings. The van der Waals surface area contributed by atoms with Crippen molar-refractivity contribution in [2.75, 3.05) is 31.0 Å². The number of aromatic carboxylic acids is 1. The Kier molecular flexibility index (Phi) is 5.53. The summed E-state index contributed by atoms with van der Waals surface area (Å²) in [5.41, 5.74) is -0.0484. The third-order valence-electron chi connectivity index (χ3n) is 2.46. The van der Waals surface area contributed by atoms with Gasteiger partial charge in [0.2, 0.25) is 0 Å². The molecule has 0 aliphatic carbocycles. The highest BCUT2D eigenvalue weighted by Gasteiger charge is 2.14. The average molecular weight is 316 g/mol. The average Bonchev–Trinajstić information content (AvgIpc) is 2.37. The standard InChI is InChI=1S/C12H16N2O6S/c1-20-8-3-4-10(9(7-8)11(15)16)14-12(17)13-5-6-21(2,18)19/h3-4,7H,5-6H2,1-2H3,(H,15,16)(H2,13,14,17). The van der Waals surface area contributed by atoms with Gasteiger partial charge in [0.25, 0.3) is 0 Å². The predicted molar refractivity (Wildman–Crippen MR) is 76.7 cm³/mol. The number of urea groups is 1. The van der Waals surface area contributed by atoms with Crippen LogP contribution in [-0.2, 0) is 9.84 Å². The second kappa shape index (κ2) is 6.93. The fraction of sp³-hybridized carbons (Fsp3) is 0.333. The Morgan fingerprint density at radius 1 is 1.33 bits per heavy atom. The van der Waals surface area contributed by atoms with Crippen molar-refractivity contribution < 1.29 is 27.9 Å². The first-order valence-corrected chi connectivity index (χ1v) is 7.93. The summed E-state index contributed by atoms with van der Waals surface area (Å²) < 4.78 is 26.8. The van der Waals surface area contributed by atoms with Gasteiger partial charge in [-0.15, -0.1) is 0 Å². The third kappa shape index (κ3) is 5.69. The van der Waals surface area contributed by atoms with Crippen LogP contribution in [0.5, 0.6) is 5.75 Å². The van der Waals surface area contributed by atoms with Crippen LogP contribution in [0.15, 0.2) is 18.2 Å². The van der Waals surface area contributed by atoms with Crippen LogP contribution in [0, 0.1) is 0 Å². The number of amides is 2. The number of anilines is 1. The summed E-state index contributed by atoms with van der Waals surface area (Å²) in [4.78, 5) is 22.7. The van der Waals surface area contributed by atoms with Crippen LogP contribution in [0.4, 0.5) is 10.5 Å². The van der Waals surface area contributed by atoms with Gasteiger partial charge >= 0.3 is 12.0 Å². The lowest BCUT2D eigenvalue weighted by molar-refractivity contribution is 0.0697. The Hall–Kier alpha value is -2.29. The summed E-state index contributed by atoms with van der Waals surface area (Å²) in [6, 6.07) is 3.47. The summed E-state index contributed by atoms with van der Waals surface area (Å²) in [5, 5.41) is 13.8. The van der Waals surface area contributed by atoms with Crippen molar-refractivity contribution in [1.82, 2.24) is 5.32 Å². The second-order valence-electron chi connectivity index (χ2n) is 4.23. The molecule has 0 bridgehead atoms. The van der Waals surface area contributed by atoms with Crippen LogP contribution in [0.3, 0.4) is 0 Å². The smallest absolute Gasteiger partial charge is 0.337 e. The lowest BCUT2D eigenvalue weighted by Gasteiger charge is -2.11. The normalized spacial score (nSPS) is 10.8. The Labute approximate surface area is 122 Å². The molecule has 0 atom stereocenters. The van der Waals surface area contributed by atoms with E-state index in [1.54, 1.807) is 0 Å². The van der Waals surface area contributed by atoms with Gasteiger partial charge in [-0.1, -0.05) is 0 Å². The van der Waals surface area contributed by atoms with Gasteiger partial charge in [0.1, 0.15) is 15.6 Å². The molecule has 0 radical (unpaired) electrons. The van der Waals surface area contributed by atoms with E-state index >= 15 is 0 Å². The van der Waals surface area contributed by atoms with E-state index in [2.05, 4.69) is 10.6 Å². The Balaban J connectivity index is 2.74. The van der Waals surface area contributed by atoms with E-state index in [1.807, 2.05) is 0 Å². The fourth-order valence-corrected chi connectivity index (χ4v) is 1.93. The fourth-order valence-electron chi connectivity index (χ4n) is 1.45. The van der Waals surface area contributed by atoms with Crippen molar-refractivity contribution in [2.24, 2.45) is 0 Å². The number of hydrogen-bond donors (Lipinski definition) is 3.